The van der Waals surface area contributed by atoms with Gasteiger partial charge in [0.25, 0.3) is 0 Å². The summed E-state index contributed by atoms with van der Waals surface area (Å²) >= 11 is 0. The van der Waals surface area contributed by atoms with Crippen molar-refractivity contribution in [1.29, 1.82) is 0 Å². The largest absolute Gasteiger partial charge is 0.206 e. The summed E-state index contributed by atoms with van der Waals surface area (Å²) in [5.74, 6) is 0. The first kappa shape index (κ1) is 12.2. The van der Waals surface area contributed by atoms with Crippen molar-refractivity contribution in [2.45, 2.75) is 54.0 Å². The lowest BCUT2D eigenvalue weighted by molar-refractivity contribution is -0.754. The van der Waals surface area contributed by atoms with Gasteiger partial charge in [0, 0.05) is 5.10 Å². The highest BCUT2D eigenvalue weighted by molar-refractivity contribution is 4.81. The van der Waals surface area contributed by atoms with Crippen LogP contribution < -0.4 is 4.68 Å². The first-order valence-electron chi connectivity index (χ1n) is 5.72. The maximum absolute atomic E-state index is 3.92. The van der Waals surface area contributed by atoms with Crippen LogP contribution in [0.3, 0.4) is 0 Å². The van der Waals surface area contributed by atoms with Crippen molar-refractivity contribution in [3.05, 3.63) is 12.4 Å². The summed E-state index contributed by atoms with van der Waals surface area (Å²) in [6.45, 7) is 12.7. The highest BCUT2D eigenvalue weighted by Crippen LogP contribution is 2.41. The monoisotopic (exact) mass is 210 g/mol. The molecule has 0 aromatic carbocycles. The van der Waals surface area contributed by atoms with Crippen LogP contribution >= 0.6 is 0 Å². The van der Waals surface area contributed by atoms with E-state index < -0.39 is 0 Å². The molecule has 0 saturated carbocycles. The molecule has 1 N–H and O–H groups in total. The van der Waals surface area contributed by atoms with Crippen molar-refractivity contribution in [3.8, 4) is 0 Å². The minimum atomic E-state index is 0.367. The van der Waals surface area contributed by atoms with Crippen LogP contribution in [0.4, 0.5) is 0 Å². The molecule has 15 heavy (non-hydrogen) atoms. The maximum atomic E-state index is 3.92. The maximum Gasteiger partial charge on any atom is 0.206 e. The molecule has 0 fully saturated rings. The number of aromatic nitrogens is 3. The number of aryl methyl sites for hydroxylation is 1. The number of hydrogen-bond acceptors (Lipinski definition) is 1. The molecule has 1 aromatic heterocycles. The molecule has 0 aliphatic rings. The van der Waals surface area contributed by atoms with E-state index in [0.717, 1.165) is 6.54 Å². The molecular formula is C12H24N3+. The lowest BCUT2D eigenvalue weighted by Crippen LogP contribution is -2.37. The fourth-order valence-electron chi connectivity index (χ4n) is 1.45. The smallest absolute Gasteiger partial charge is 0.163 e. The lowest BCUT2D eigenvalue weighted by atomic mass is 9.67. The Labute approximate surface area is 92.9 Å². The average Bonchev–Trinajstić information content (AvgIpc) is 2.54. The number of hydrogen-bond donors (Lipinski definition) is 1. The number of rotatable bonds is 4. The Morgan fingerprint density at radius 3 is 2.33 bits per heavy atom. The van der Waals surface area contributed by atoms with Crippen LogP contribution in [0.15, 0.2) is 12.4 Å². The Balaban J connectivity index is 2.37. The second kappa shape index (κ2) is 4.33. The van der Waals surface area contributed by atoms with Gasteiger partial charge in [-0.05, 0) is 23.7 Å². The Bertz CT molecular complexity index is 280. The van der Waals surface area contributed by atoms with Gasteiger partial charge in [-0.2, -0.15) is 4.68 Å². The third-order valence-electron chi connectivity index (χ3n) is 3.74. The van der Waals surface area contributed by atoms with Crippen LogP contribution in [-0.4, -0.2) is 10.3 Å². The summed E-state index contributed by atoms with van der Waals surface area (Å²) in [4.78, 5) is 0. The Kier molecular flexibility index (Phi) is 3.53. The molecule has 0 radical (unpaired) electrons. The highest BCUT2D eigenvalue weighted by atomic mass is 15.4. The van der Waals surface area contributed by atoms with E-state index in [4.69, 9.17) is 0 Å². The van der Waals surface area contributed by atoms with Crippen LogP contribution in [0.25, 0.3) is 0 Å². The van der Waals surface area contributed by atoms with Gasteiger partial charge in [-0.25, -0.2) is 0 Å². The summed E-state index contributed by atoms with van der Waals surface area (Å²) in [7, 11) is 0. The van der Waals surface area contributed by atoms with Crippen LogP contribution in [-0.2, 0) is 6.54 Å². The van der Waals surface area contributed by atoms with Crippen LogP contribution in [0.5, 0.6) is 0 Å². The zero-order valence-electron chi connectivity index (χ0n) is 10.7. The number of nitrogens with one attached hydrogen (secondary N) is 1. The minimum absolute atomic E-state index is 0.367. The third-order valence-corrected chi connectivity index (χ3v) is 3.74. The molecule has 1 aromatic rings. The molecule has 0 bridgehead atoms. The molecular weight excluding hydrogens is 186 g/mol. The molecule has 86 valence electrons. The van der Waals surface area contributed by atoms with Gasteiger partial charge in [-0.3, -0.25) is 0 Å². The molecule has 1 rings (SSSR count). The predicted octanol–water partition coefficient (Wildman–Crippen LogP) is 2.55. The van der Waals surface area contributed by atoms with Gasteiger partial charge in [-0.1, -0.05) is 39.8 Å². The normalized spacial score (nSPS) is 13.1. The van der Waals surface area contributed by atoms with E-state index in [1.54, 1.807) is 6.20 Å². The first-order valence-corrected chi connectivity index (χ1v) is 5.72. The van der Waals surface area contributed by atoms with Gasteiger partial charge in [0.05, 0.1) is 0 Å². The molecule has 1 heterocycles. The zero-order chi connectivity index (χ0) is 11.5. The van der Waals surface area contributed by atoms with E-state index in [1.807, 2.05) is 10.9 Å². The van der Waals surface area contributed by atoms with Gasteiger partial charge in [0.1, 0.15) is 6.54 Å². The minimum Gasteiger partial charge on any atom is -0.163 e. The van der Waals surface area contributed by atoms with Gasteiger partial charge < -0.3 is 0 Å². The van der Waals surface area contributed by atoms with E-state index in [9.17, 15) is 0 Å². The van der Waals surface area contributed by atoms with Crippen molar-refractivity contribution in [2.75, 3.05) is 0 Å². The molecule has 0 amide bonds. The van der Waals surface area contributed by atoms with Crippen molar-refractivity contribution in [2.24, 2.45) is 10.8 Å². The number of aromatic amines is 1. The van der Waals surface area contributed by atoms with E-state index in [0.29, 0.717) is 10.8 Å². The van der Waals surface area contributed by atoms with Gasteiger partial charge in [0.15, 0.2) is 6.20 Å². The summed E-state index contributed by atoms with van der Waals surface area (Å²) < 4.78 is 2.03. The topological polar surface area (TPSA) is 32.6 Å². The molecule has 0 atom stereocenters. The fraction of sp³-hybridized carbons (Fsp3) is 0.833. The SMILES string of the molecule is CC(C)(C)C(C)(C)CCC[n+]1ccn[nH]1. The number of nitrogens with zero attached hydrogens (tertiary/aromatic N) is 2. The molecule has 3 nitrogen and oxygen atoms in total. The summed E-state index contributed by atoms with van der Waals surface area (Å²) in [5, 5.41) is 6.85. The lowest BCUT2D eigenvalue weighted by Gasteiger charge is -2.38. The Morgan fingerprint density at radius 2 is 1.87 bits per heavy atom. The van der Waals surface area contributed by atoms with Crippen LogP contribution in [0.1, 0.15) is 47.5 Å². The van der Waals surface area contributed by atoms with Gasteiger partial charge in [-0.15, -0.1) is 0 Å². The zero-order valence-corrected chi connectivity index (χ0v) is 10.7. The van der Waals surface area contributed by atoms with E-state index >= 15 is 0 Å². The molecule has 0 unspecified atom stereocenters. The number of H-pyrrole nitrogens is 1. The Morgan fingerprint density at radius 1 is 1.20 bits per heavy atom. The van der Waals surface area contributed by atoms with E-state index in [2.05, 4.69) is 44.9 Å². The summed E-state index contributed by atoms with van der Waals surface area (Å²) in [6.07, 6.45) is 6.19. The summed E-state index contributed by atoms with van der Waals surface area (Å²) in [6, 6.07) is 0. The standard InChI is InChI=1S/C12H23N3/c1-11(2,3)12(4,5)7-6-9-15-10-8-13-14-15/h8,10H,6-7,9H2,1-5H3/p+1. The van der Waals surface area contributed by atoms with E-state index in [-0.39, 0.29) is 0 Å². The second-order valence-electron chi connectivity index (χ2n) is 5.96. The van der Waals surface area contributed by atoms with Gasteiger partial charge >= 0.3 is 0 Å². The van der Waals surface area contributed by atoms with Crippen molar-refractivity contribution >= 4 is 0 Å². The third kappa shape index (κ3) is 3.33. The molecule has 0 spiro atoms. The predicted molar refractivity (Wildman–Crippen MR) is 61.3 cm³/mol. The molecule has 3 heteroatoms. The highest BCUT2D eigenvalue weighted by Gasteiger charge is 2.32. The van der Waals surface area contributed by atoms with Crippen LogP contribution in [0.2, 0.25) is 0 Å². The Hall–Kier alpha value is -0.860. The van der Waals surface area contributed by atoms with Crippen molar-refractivity contribution < 1.29 is 4.68 Å². The fourth-order valence-corrected chi connectivity index (χ4v) is 1.45. The first-order chi connectivity index (χ1) is 6.83. The molecule has 0 saturated heterocycles. The molecule has 0 aliphatic heterocycles. The summed E-state index contributed by atoms with van der Waals surface area (Å²) in [5.41, 5.74) is 0.749. The van der Waals surface area contributed by atoms with Crippen molar-refractivity contribution in [1.82, 2.24) is 10.3 Å². The van der Waals surface area contributed by atoms with Crippen molar-refractivity contribution in [3.63, 3.8) is 0 Å². The van der Waals surface area contributed by atoms with E-state index in [1.165, 1.54) is 12.8 Å². The second-order valence-corrected chi connectivity index (χ2v) is 5.96. The van der Waals surface area contributed by atoms with Crippen LogP contribution in [0, 0.1) is 10.8 Å². The quantitative estimate of drug-likeness (QED) is 0.761. The average molecular weight is 210 g/mol. The van der Waals surface area contributed by atoms with Gasteiger partial charge in [0.2, 0.25) is 6.20 Å². The molecule has 0 aliphatic carbocycles.